The third-order valence-corrected chi connectivity index (χ3v) is 4.51. The highest BCUT2D eigenvalue weighted by Gasteiger charge is 2.23. The molecule has 0 saturated carbocycles. The van der Waals surface area contributed by atoms with Crippen LogP contribution in [0.1, 0.15) is 47.4 Å². The van der Waals surface area contributed by atoms with Crippen molar-refractivity contribution in [2.75, 3.05) is 6.61 Å². The minimum Gasteiger partial charge on any atom is -0.507 e. The highest BCUT2D eigenvalue weighted by Crippen LogP contribution is 2.24. The molecule has 1 aromatic carbocycles. The Morgan fingerprint density at radius 2 is 2.11 bits per heavy atom. The van der Waals surface area contributed by atoms with Gasteiger partial charge in [0.05, 0.1) is 12.8 Å². The largest absolute Gasteiger partial charge is 0.507 e. The van der Waals surface area contributed by atoms with E-state index in [1.165, 1.54) is 12.1 Å². The third-order valence-electron chi connectivity index (χ3n) is 4.51. The van der Waals surface area contributed by atoms with Crippen LogP contribution >= 0.6 is 0 Å². The van der Waals surface area contributed by atoms with Gasteiger partial charge in [0.15, 0.2) is 6.61 Å². The van der Waals surface area contributed by atoms with E-state index in [-0.39, 0.29) is 17.2 Å². The maximum atomic E-state index is 12.7. The Balaban J connectivity index is 1.68. The predicted octanol–water partition coefficient (Wildman–Crippen LogP) is 3.94. The van der Waals surface area contributed by atoms with Crippen molar-refractivity contribution >= 4 is 11.9 Å². The van der Waals surface area contributed by atoms with Gasteiger partial charge in [-0.2, -0.15) is 0 Å². The second-order valence-electron chi connectivity index (χ2n) is 6.60. The number of hydrogen-bond donors (Lipinski definition) is 1. The van der Waals surface area contributed by atoms with Crippen molar-refractivity contribution in [2.45, 2.75) is 39.2 Å². The Labute approximate surface area is 158 Å². The second kappa shape index (κ2) is 8.58. The maximum Gasteiger partial charge on any atom is 0.342 e. The molecule has 0 unspecified atom stereocenters. The van der Waals surface area contributed by atoms with E-state index < -0.39 is 12.6 Å². The van der Waals surface area contributed by atoms with Crippen LogP contribution in [0.15, 0.2) is 52.8 Å². The Bertz CT molecular complexity index is 838. The first kappa shape index (κ1) is 18.8. The molecule has 0 spiro atoms. The smallest absolute Gasteiger partial charge is 0.342 e. The van der Waals surface area contributed by atoms with E-state index in [4.69, 9.17) is 9.15 Å². The van der Waals surface area contributed by atoms with E-state index in [0.29, 0.717) is 12.3 Å². The molecular formula is C21H23NO5. The number of phenolic OH excluding ortho intramolecular Hbond substituents is 1. The lowest BCUT2D eigenvalue weighted by molar-refractivity contribution is -0.133. The summed E-state index contributed by atoms with van der Waals surface area (Å²) in [4.78, 5) is 26.6. The van der Waals surface area contributed by atoms with Crippen LogP contribution in [-0.2, 0) is 16.1 Å². The summed E-state index contributed by atoms with van der Waals surface area (Å²) in [5, 5.41) is 9.89. The number of aryl methyl sites for hydroxylation is 1. The number of amides is 1. The summed E-state index contributed by atoms with van der Waals surface area (Å²) >= 11 is 0. The molecule has 1 aliphatic carbocycles. The number of aromatic hydroxyl groups is 1. The average molecular weight is 369 g/mol. The molecule has 0 bridgehead atoms. The molecule has 6 nitrogen and oxygen atoms in total. The average Bonchev–Trinajstić information content (AvgIpc) is 3.18. The van der Waals surface area contributed by atoms with Crippen LogP contribution in [0.3, 0.4) is 0 Å². The van der Waals surface area contributed by atoms with Gasteiger partial charge in [-0.3, -0.25) is 4.79 Å². The molecule has 1 aliphatic rings. The van der Waals surface area contributed by atoms with Gasteiger partial charge in [-0.1, -0.05) is 12.1 Å². The number of hydrogen-bond acceptors (Lipinski definition) is 5. The summed E-state index contributed by atoms with van der Waals surface area (Å²) in [7, 11) is 0. The fourth-order valence-corrected chi connectivity index (χ4v) is 3.07. The molecule has 0 fully saturated rings. The molecule has 142 valence electrons. The van der Waals surface area contributed by atoms with Gasteiger partial charge in [0.1, 0.15) is 17.1 Å². The lowest BCUT2D eigenvalue weighted by Crippen LogP contribution is -2.34. The molecule has 2 aromatic rings. The maximum absolute atomic E-state index is 12.7. The first-order chi connectivity index (χ1) is 13.0. The molecule has 1 N–H and O–H groups in total. The number of esters is 1. The molecule has 6 heteroatoms. The fourth-order valence-electron chi connectivity index (χ4n) is 3.07. The molecule has 0 atom stereocenters. The molecule has 3 rings (SSSR count). The number of nitrogens with zero attached hydrogens (tertiary/aromatic N) is 1. The van der Waals surface area contributed by atoms with E-state index in [9.17, 15) is 14.7 Å². The molecule has 27 heavy (non-hydrogen) atoms. The Morgan fingerprint density at radius 1 is 1.26 bits per heavy atom. The van der Waals surface area contributed by atoms with Crippen LogP contribution in [0.25, 0.3) is 0 Å². The topological polar surface area (TPSA) is 80.0 Å². The van der Waals surface area contributed by atoms with Crippen molar-refractivity contribution in [3.8, 4) is 5.75 Å². The zero-order chi connectivity index (χ0) is 19.2. The number of phenols is 1. The molecule has 0 radical (unpaired) electrons. The SMILES string of the molecule is Cc1ccc(C(=O)OCC(=O)N(Cc2ccco2)C2=CCCCC2)c(O)c1. The van der Waals surface area contributed by atoms with E-state index >= 15 is 0 Å². The molecular weight excluding hydrogens is 346 g/mol. The van der Waals surface area contributed by atoms with Crippen molar-refractivity contribution in [1.29, 1.82) is 0 Å². The van der Waals surface area contributed by atoms with Crippen LogP contribution in [-0.4, -0.2) is 28.5 Å². The van der Waals surface area contributed by atoms with Crippen LogP contribution in [0, 0.1) is 6.92 Å². The van der Waals surface area contributed by atoms with Crippen molar-refractivity contribution in [3.63, 3.8) is 0 Å². The minimum atomic E-state index is -0.726. The number of furan rings is 1. The quantitative estimate of drug-likeness (QED) is 0.780. The number of ether oxygens (including phenoxy) is 1. The first-order valence-corrected chi connectivity index (χ1v) is 9.03. The van der Waals surface area contributed by atoms with E-state index in [0.717, 1.165) is 36.9 Å². The van der Waals surface area contributed by atoms with E-state index in [2.05, 4.69) is 6.08 Å². The summed E-state index contributed by atoms with van der Waals surface area (Å²) in [5.41, 5.74) is 1.80. The van der Waals surface area contributed by atoms with Gasteiger partial charge in [0.2, 0.25) is 0 Å². The molecule has 1 amide bonds. The Morgan fingerprint density at radius 3 is 2.78 bits per heavy atom. The molecule has 0 saturated heterocycles. The number of benzene rings is 1. The summed E-state index contributed by atoms with van der Waals surface area (Å²) in [5.74, 6) is -0.539. The van der Waals surface area contributed by atoms with Crippen molar-refractivity contribution in [2.24, 2.45) is 0 Å². The minimum absolute atomic E-state index is 0.0443. The normalized spacial score (nSPS) is 13.7. The molecule has 0 aliphatic heterocycles. The zero-order valence-corrected chi connectivity index (χ0v) is 15.3. The standard InChI is InChI=1S/C21H23NO5/c1-15-9-10-18(19(23)12-15)21(25)27-14-20(24)22(13-17-8-5-11-26-17)16-6-3-2-4-7-16/h5-6,8-12,23H,2-4,7,13-14H2,1H3. The predicted molar refractivity (Wildman–Crippen MR) is 98.9 cm³/mol. The number of allylic oxidation sites excluding steroid dienone is 2. The highest BCUT2D eigenvalue weighted by molar-refractivity contribution is 5.94. The summed E-state index contributed by atoms with van der Waals surface area (Å²) in [6.45, 7) is 1.71. The van der Waals surface area contributed by atoms with Crippen molar-refractivity contribution in [1.82, 2.24) is 4.90 Å². The second-order valence-corrected chi connectivity index (χ2v) is 6.60. The van der Waals surface area contributed by atoms with Crippen molar-refractivity contribution in [3.05, 3.63) is 65.3 Å². The Kier molecular flexibility index (Phi) is 5.96. The van der Waals surface area contributed by atoms with Crippen LogP contribution in [0.2, 0.25) is 0 Å². The lowest BCUT2D eigenvalue weighted by atomic mass is 10.0. The van der Waals surface area contributed by atoms with Gasteiger partial charge < -0.3 is 19.2 Å². The zero-order valence-electron chi connectivity index (χ0n) is 15.3. The van der Waals surface area contributed by atoms with Crippen LogP contribution in [0.4, 0.5) is 0 Å². The number of carbonyl (C=O) groups is 2. The summed E-state index contributed by atoms with van der Waals surface area (Å²) in [6.07, 6.45) is 7.47. The number of rotatable bonds is 6. The van der Waals surface area contributed by atoms with Crippen LogP contribution in [0.5, 0.6) is 5.75 Å². The first-order valence-electron chi connectivity index (χ1n) is 9.03. The van der Waals surface area contributed by atoms with Gasteiger partial charge in [-0.15, -0.1) is 0 Å². The van der Waals surface area contributed by atoms with Gasteiger partial charge in [0, 0.05) is 5.70 Å². The van der Waals surface area contributed by atoms with Crippen LogP contribution < -0.4 is 0 Å². The van der Waals surface area contributed by atoms with Gasteiger partial charge in [0.25, 0.3) is 5.91 Å². The van der Waals surface area contributed by atoms with Gasteiger partial charge in [-0.25, -0.2) is 4.79 Å². The van der Waals surface area contributed by atoms with Crippen molar-refractivity contribution < 1.29 is 23.8 Å². The van der Waals surface area contributed by atoms with Gasteiger partial charge >= 0.3 is 5.97 Å². The van der Waals surface area contributed by atoms with Gasteiger partial charge in [-0.05, 0) is 62.4 Å². The number of carbonyl (C=O) groups excluding carboxylic acids is 2. The van der Waals surface area contributed by atoms with E-state index in [1.54, 1.807) is 29.4 Å². The monoisotopic (exact) mass is 369 g/mol. The molecule has 1 heterocycles. The Hall–Kier alpha value is -3.02. The third kappa shape index (κ3) is 4.78. The summed E-state index contributed by atoms with van der Waals surface area (Å²) < 4.78 is 10.5. The summed E-state index contributed by atoms with van der Waals surface area (Å²) in [6, 6.07) is 8.25. The lowest BCUT2D eigenvalue weighted by Gasteiger charge is -2.27. The highest BCUT2D eigenvalue weighted by atomic mass is 16.5. The molecule has 1 aromatic heterocycles. The van der Waals surface area contributed by atoms with E-state index in [1.807, 2.05) is 6.92 Å². The fraction of sp³-hybridized carbons (Fsp3) is 0.333.